The van der Waals surface area contributed by atoms with Crippen LogP contribution in [0.2, 0.25) is 5.15 Å². The number of rotatable bonds is 8. The predicted molar refractivity (Wildman–Crippen MR) is 113 cm³/mol. The molecule has 10 heteroatoms. The molecule has 0 saturated heterocycles. The van der Waals surface area contributed by atoms with Crippen LogP contribution in [0.5, 0.6) is 0 Å². The summed E-state index contributed by atoms with van der Waals surface area (Å²) in [5, 5.41) is 3.00. The molecule has 0 aliphatic heterocycles. The second kappa shape index (κ2) is 9.08. The molecule has 0 bridgehead atoms. The van der Waals surface area contributed by atoms with Crippen molar-refractivity contribution in [1.82, 2.24) is 24.7 Å². The summed E-state index contributed by atoms with van der Waals surface area (Å²) in [4.78, 5) is 16.6. The second-order valence-electron chi connectivity index (χ2n) is 6.03. The minimum atomic E-state index is -3.80. The van der Waals surface area contributed by atoms with E-state index in [-0.39, 0.29) is 16.6 Å². The predicted octanol–water partition coefficient (Wildman–Crippen LogP) is 3.49. The first-order valence-corrected chi connectivity index (χ1v) is 10.5. The van der Waals surface area contributed by atoms with E-state index >= 15 is 0 Å². The molecule has 8 nitrogen and oxygen atoms in total. The van der Waals surface area contributed by atoms with Gasteiger partial charge in [-0.05, 0) is 43.2 Å². The number of sulfonamides is 1. The molecule has 0 spiro atoms. The maximum absolute atomic E-state index is 12.5. The van der Waals surface area contributed by atoms with Gasteiger partial charge in [-0.25, -0.2) is 33.1 Å². The molecule has 3 heterocycles. The zero-order valence-electron chi connectivity index (χ0n) is 15.6. The number of hydrogen-bond donors (Lipinski definition) is 2. The van der Waals surface area contributed by atoms with Gasteiger partial charge in [0.05, 0.1) is 0 Å². The van der Waals surface area contributed by atoms with E-state index in [1.54, 1.807) is 43.6 Å². The van der Waals surface area contributed by atoms with Crippen LogP contribution in [-0.4, -0.2) is 34.9 Å². The molecule has 0 unspecified atom stereocenters. The van der Waals surface area contributed by atoms with Crippen molar-refractivity contribution in [2.24, 2.45) is 0 Å². The third kappa shape index (κ3) is 5.35. The summed E-state index contributed by atoms with van der Waals surface area (Å²) in [6.45, 7) is 5.60. The van der Waals surface area contributed by atoms with Crippen molar-refractivity contribution in [1.29, 1.82) is 0 Å². The molecule has 2 N–H and O–H groups in total. The van der Waals surface area contributed by atoms with Crippen LogP contribution < -0.4 is 10.0 Å². The number of pyridine rings is 2. The van der Waals surface area contributed by atoms with Gasteiger partial charge in [0.15, 0.2) is 0 Å². The fourth-order valence-corrected chi connectivity index (χ4v) is 3.99. The Labute approximate surface area is 174 Å². The average molecular weight is 431 g/mol. The first kappa shape index (κ1) is 20.8. The third-order valence-corrected chi connectivity index (χ3v) is 5.75. The second-order valence-corrected chi connectivity index (χ2v) is 8.13. The zero-order valence-corrected chi connectivity index (χ0v) is 17.2. The summed E-state index contributed by atoms with van der Waals surface area (Å²) in [6, 6.07) is 6.73. The van der Waals surface area contributed by atoms with Gasteiger partial charge in [-0.3, -0.25) is 0 Å². The van der Waals surface area contributed by atoms with Gasteiger partial charge in [0, 0.05) is 30.7 Å². The van der Waals surface area contributed by atoms with E-state index in [1.165, 1.54) is 12.3 Å². The van der Waals surface area contributed by atoms with Crippen LogP contribution in [0.25, 0.3) is 11.1 Å². The van der Waals surface area contributed by atoms with Gasteiger partial charge in [-0.15, -0.1) is 6.58 Å². The first-order chi connectivity index (χ1) is 13.9. The van der Waals surface area contributed by atoms with E-state index in [9.17, 15) is 8.42 Å². The molecule has 0 atom stereocenters. The fourth-order valence-electron chi connectivity index (χ4n) is 2.48. The molecule has 150 valence electrons. The minimum Gasteiger partial charge on any atom is -0.325 e. The van der Waals surface area contributed by atoms with E-state index < -0.39 is 10.0 Å². The van der Waals surface area contributed by atoms with Crippen LogP contribution >= 0.6 is 11.6 Å². The molecule has 0 amide bonds. The normalized spacial score (nSPS) is 11.2. The summed E-state index contributed by atoms with van der Waals surface area (Å²) >= 11 is 6.05. The Morgan fingerprint density at radius 1 is 1.10 bits per heavy atom. The van der Waals surface area contributed by atoms with Gasteiger partial charge in [-0.2, -0.15) is 0 Å². The van der Waals surface area contributed by atoms with Crippen LogP contribution in [0.4, 0.5) is 11.6 Å². The summed E-state index contributed by atoms with van der Waals surface area (Å²) in [5.41, 5.74) is 1.31. The molecular formula is C19H19ClN6O2S. The van der Waals surface area contributed by atoms with Crippen molar-refractivity contribution in [3.05, 3.63) is 66.5 Å². The van der Waals surface area contributed by atoms with E-state index in [0.29, 0.717) is 29.4 Å². The minimum absolute atomic E-state index is 0.0847. The lowest BCUT2D eigenvalue weighted by atomic mass is 10.1. The van der Waals surface area contributed by atoms with Gasteiger partial charge in [0.25, 0.3) is 0 Å². The van der Waals surface area contributed by atoms with Crippen molar-refractivity contribution >= 4 is 33.3 Å². The van der Waals surface area contributed by atoms with Crippen LogP contribution in [-0.2, 0) is 10.0 Å². The highest BCUT2D eigenvalue weighted by atomic mass is 35.5. The number of nitrogens with one attached hydrogen (secondary N) is 2. The SMILES string of the molecule is C=CCCNS(=O)(=O)c1cc(-c2ccnc(Nc3ccnc(C)n3)c2)cnc1Cl. The Bertz CT molecular complexity index is 1140. The van der Waals surface area contributed by atoms with Gasteiger partial charge in [0.2, 0.25) is 10.0 Å². The Kier molecular flexibility index (Phi) is 6.53. The largest absolute Gasteiger partial charge is 0.325 e. The molecule has 3 aromatic rings. The van der Waals surface area contributed by atoms with Crippen molar-refractivity contribution < 1.29 is 8.42 Å². The van der Waals surface area contributed by atoms with Crippen LogP contribution in [0, 0.1) is 6.92 Å². The lowest BCUT2D eigenvalue weighted by Crippen LogP contribution is -2.25. The fraction of sp³-hybridized carbons (Fsp3) is 0.158. The molecule has 0 aromatic carbocycles. The summed E-state index contributed by atoms with van der Waals surface area (Å²) in [7, 11) is -3.80. The van der Waals surface area contributed by atoms with Crippen molar-refractivity contribution in [3.63, 3.8) is 0 Å². The highest BCUT2D eigenvalue weighted by Crippen LogP contribution is 2.27. The van der Waals surface area contributed by atoms with Crippen LogP contribution in [0.1, 0.15) is 12.2 Å². The Balaban J connectivity index is 1.90. The van der Waals surface area contributed by atoms with E-state index in [0.717, 1.165) is 5.56 Å². The van der Waals surface area contributed by atoms with Crippen LogP contribution in [0.3, 0.4) is 0 Å². The highest BCUT2D eigenvalue weighted by Gasteiger charge is 2.19. The van der Waals surface area contributed by atoms with E-state index in [2.05, 4.69) is 36.6 Å². The summed E-state index contributed by atoms with van der Waals surface area (Å²) in [5.74, 6) is 1.78. The molecule has 0 aliphatic carbocycles. The van der Waals surface area contributed by atoms with E-state index in [4.69, 9.17) is 11.6 Å². The Morgan fingerprint density at radius 2 is 1.90 bits per heavy atom. The topological polar surface area (TPSA) is 110 Å². The number of halogens is 1. The van der Waals surface area contributed by atoms with Gasteiger partial charge in [-0.1, -0.05) is 17.7 Å². The van der Waals surface area contributed by atoms with Crippen molar-refractivity contribution in [2.45, 2.75) is 18.2 Å². The van der Waals surface area contributed by atoms with Gasteiger partial charge in [0.1, 0.15) is 27.5 Å². The number of nitrogens with zero attached hydrogens (tertiary/aromatic N) is 4. The number of aryl methyl sites for hydroxylation is 1. The van der Waals surface area contributed by atoms with Crippen molar-refractivity contribution in [3.8, 4) is 11.1 Å². The van der Waals surface area contributed by atoms with Gasteiger partial charge >= 0.3 is 0 Å². The molecule has 3 aromatic heterocycles. The zero-order chi connectivity index (χ0) is 20.9. The summed E-state index contributed by atoms with van der Waals surface area (Å²) in [6.07, 6.45) is 6.90. The molecule has 0 fully saturated rings. The van der Waals surface area contributed by atoms with E-state index in [1.807, 2.05) is 0 Å². The van der Waals surface area contributed by atoms with Crippen LogP contribution in [0.15, 0.2) is 60.4 Å². The monoisotopic (exact) mass is 430 g/mol. The smallest absolute Gasteiger partial charge is 0.243 e. The van der Waals surface area contributed by atoms with Gasteiger partial charge < -0.3 is 5.32 Å². The molecule has 29 heavy (non-hydrogen) atoms. The van der Waals surface area contributed by atoms with Crippen molar-refractivity contribution in [2.75, 3.05) is 11.9 Å². The molecule has 3 rings (SSSR count). The quantitative estimate of drug-likeness (QED) is 0.319. The molecule has 0 aliphatic rings. The molecule has 0 saturated carbocycles. The number of anilines is 2. The Morgan fingerprint density at radius 3 is 2.66 bits per heavy atom. The lowest BCUT2D eigenvalue weighted by Gasteiger charge is -2.10. The Hall–Kier alpha value is -2.88. The summed E-state index contributed by atoms with van der Waals surface area (Å²) < 4.78 is 27.6. The first-order valence-electron chi connectivity index (χ1n) is 8.68. The highest BCUT2D eigenvalue weighted by molar-refractivity contribution is 7.89. The third-order valence-electron chi connectivity index (χ3n) is 3.86. The number of aromatic nitrogens is 4. The number of hydrogen-bond acceptors (Lipinski definition) is 7. The maximum atomic E-state index is 12.5. The standard InChI is InChI=1S/C19H19ClN6O2S/c1-3-4-7-24-29(27,28)16-10-15(12-23-19(16)20)14-5-8-22-18(11-14)26-17-6-9-21-13(2)25-17/h3,5-6,8-12,24H,1,4,7H2,2H3,(H,21,22,25,26). The lowest BCUT2D eigenvalue weighted by molar-refractivity contribution is 0.582. The molecule has 0 radical (unpaired) electrons. The maximum Gasteiger partial charge on any atom is 0.243 e. The average Bonchev–Trinajstić information content (AvgIpc) is 2.68. The molecular weight excluding hydrogens is 412 g/mol.